The lowest BCUT2D eigenvalue weighted by Gasteiger charge is -2.29. The maximum atomic E-state index is 12.5. The van der Waals surface area contributed by atoms with Gasteiger partial charge in [-0.2, -0.15) is 0 Å². The first-order chi connectivity index (χ1) is 10.2. The average molecular weight is 285 g/mol. The van der Waals surface area contributed by atoms with Crippen LogP contribution < -0.4 is 5.73 Å². The van der Waals surface area contributed by atoms with E-state index in [0.717, 1.165) is 31.6 Å². The zero-order valence-corrected chi connectivity index (χ0v) is 11.9. The molecule has 2 aromatic rings. The molecule has 0 radical (unpaired) electrons. The standard InChI is InChI=1S/C15H19N5O/c16-12-6-8-19(9-7-12)11-15(21)14-10-17-18-20(14)13-4-2-1-3-5-13/h1-5,10,12H,6-9,11,16H2. The van der Waals surface area contributed by atoms with E-state index in [1.165, 1.54) is 6.20 Å². The second-order valence-electron chi connectivity index (χ2n) is 5.40. The molecule has 0 aliphatic carbocycles. The van der Waals surface area contributed by atoms with Crippen LogP contribution in [0.25, 0.3) is 5.69 Å². The van der Waals surface area contributed by atoms with Crippen LogP contribution in [0.1, 0.15) is 23.3 Å². The second-order valence-corrected chi connectivity index (χ2v) is 5.40. The molecule has 2 N–H and O–H groups in total. The highest BCUT2D eigenvalue weighted by atomic mass is 16.1. The van der Waals surface area contributed by atoms with Gasteiger partial charge < -0.3 is 5.73 Å². The number of Topliss-reactive ketones (excluding diaryl/α,β-unsaturated/α-hetero) is 1. The fourth-order valence-electron chi connectivity index (χ4n) is 2.58. The van der Waals surface area contributed by atoms with Crippen LogP contribution >= 0.6 is 0 Å². The lowest BCUT2D eigenvalue weighted by atomic mass is 10.1. The zero-order chi connectivity index (χ0) is 14.7. The van der Waals surface area contributed by atoms with Crippen molar-refractivity contribution in [3.05, 3.63) is 42.2 Å². The third-order valence-electron chi connectivity index (χ3n) is 3.84. The van der Waals surface area contributed by atoms with Crippen LogP contribution in [-0.4, -0.2) is 51.4 Å². The minimum atomic E-state index is 0.0410. The fourth-order valence-corrected chi connectivity index (χ4v) is 2.58. The summed E-state index contributed by atoms with van der Waals surface area (Å²) in [6, 6.07) is 9.84. The van der Waals surface area contributed by atoms with Crippen LogP contribution in [0, 0.1) is 0 Å². The Kier molecular flexibility index (Phi) is 4.08. The molecule has 3 rings (SSSR count). The molecule has 0 saturated carbocycles. The Morgan fingerprint density at radius 3 is 2.67 bits per heavy atom. The van der Waals surface area contributed by atoms with E-state index in [9.17, 15) is 4.79 Å². The molecule has 2 heterocycles. The summed E-state index contributed by atoms with van der Waals surface area (Å²) in [6.07, 6.45) is 3.43. The average Bonchev–Trinajstić information content (AvgIpc) is 3.00. The second kappa shape index (κ2) is 6.15. The lowest BCUT2D eigenvalue weighted by molar-refractivity contribution is 0.0902. The maximum absolute atomic E-state index is 12.5. The molecule has 1 aromatic heterocycles. The normalized spacial score (nSPS) is 17.0. The number of rotatable bonds is 4. The molecule has 0 bridgehead atoms. The van der Waals surface area contributed by atoms with E-state index in [2.05, 4.69) is 15.2 Å². The van der Waals surface area contributed by atoms with Crippen LogP contribution in [0.4, 0.5) is 0 Å². The van der Waals surface area contributed by atoms with Crippen molar-refractivity contribution >= 4 is 5.78 Å². The zero-order valence-electron chi connectivity index (χ0n) is 11.9. The summed E-state index contributed by atoms with van der Waals surface area (Å²) in [7, 11) is 0. The Labute approximate surface area is 123 Å². The molecule has 21 heavy (non-hydrogen) atoms. The van der Waals surface area contributed by atoms with Crippen molar-refractivity contribution in [1.82, 2.24) is 19.9 Å². The number of carbonyl (C=O) groups excluding carboxylic acids is 1. The van der Waals surface area contributed by atoms with Crippen molar-refractivity contribution in [3.63, 3.8) is 0 Å². The van der Waals surface area contributed by atoms with E-state index in [1.807, 2.05) is 30.3 Å². The van der Waals surface area contributed by atoms with Gasteiger partial charge in [0.2, 0.25) is 0 Å². The molecule has 0 amide bonds. The van der Waals surface area contributed by atoms with Crippen LogP contribution in [0.3, 0.4) is 0 Å². The van der Waals surface area contributed by atoms with Crippen LogP contribution in [0.5, 0.6) is 0 Å². The number of ketones is 1. The first-order valence-corrected chi connectivity index (χ1v) is 7.21. The molecule has 1 fully saturated rings. The van der Waals surface area contributed by atoms with Crippen LogP contribution in [0.15, 0.2) is 36.5 Å². The van der Waals surface area contributed by atoms with Gasteiger partial charge in [-0.3, -0.25) is 9.69 Å². The summed E-state index contributed by atoms with van der Waals surface area (Å²) in [4.78, 5) is 14.6. The predicted octanol–water partition coefficient (Wildman–Crippen LogP) is 0.873. The number of benzene rings is 1. The number of carbonyl (C=O) groups is 1. The van der Waals surface area contributed by atoms with E-state index in [1.54, 1.807) is 4.68 Å². The molecule has 0 atom stereocenters. The molecule has 1 aromatic carbocycles. The Hall–Kier alpha value is -2.05. The van der Waals surface area contributed by atoms with Crippen molar-refractivity contribution in [2.75, 3.05) is 19.6 Å². The van der Waals surface area contributed by atoms with Gasteiger partial charge in [0.15, 0.2) is 5.78 Å². The molecule has 1 aliphatic heterocycles. The number of aromatic nitrogens is 3. The topological polar surface area (TPSA) is 77.0 Å². The molecule has 6 heteroatoms. The highest BCUT2D eigenvalue weighted by Gasteiger charge is 2.21. The molecule has 6 nitrogen and oxygen atoms in total. The summed E-state index contributed by atoms with van der Waals surface area (Å²) in [5, 5.41) is 7.90. The SMILES string of the molecule is NC1CCN(CC(=O)c2cnnn2-c2ccccc2)CC1. The van der Waals surface area contributed by atoms with E-state index in [4.69, 9.17) is 5.73 Å². The quantitative estimate of drug-likeness (QED) is 0.844. The third kappa shape index (κ3) is 3.17. The number of hydrogen-bond donors (Lipinski definition) is 1. The molecular formula is C15H19N5O. The van der Waals surface area contributed by atoms with Gasteiger partial charge >= 0.3 is 0 Å². The van der Waals surface area contributed by atoms with Gasteiger partial charge in [0.25, 0.3) is 0 Å². The van der Waals surface area contributed by atoms with E-state index in [-0.39, 0.29) is 11.8 Å². The van der Waals surface area contributed by atoms with Gasteiger partial charge in [-0.1, -0.05) is 23.4 Å². The minimum absolute atomic E-state index is 0.0410. The van der Waals surface area contributed by atoms with E-state index < -0.39 is 0 Å². The molecule has 0 spiro atoms. The van der Waals surface area contributed by atoms with Crippen molar-refractivity contribution in [2.45, 2.75) is 18.9 Å². The van der Waals surface area contributed by atoms with Gasteiger partial charge in [0, 0.05) is 19.1 Å². The molecular weight excluding hydrogens is 266 g/mol. The predicted molar refractivity (Wildman–Crippen MR) is 79.3 cm³/mol. The largest absolute Gasteiger partial charge is 0.328 e. The number of nitrogens with two attached hydrogens (primary N) is 1. The molecule has 1 saturated heterocycles. The Balaban J connectivity index is 1.73. The number of para-hydroxylation sites is 1. The van der Waals surface area contributed by atoms with Gasteiger partial charge in [0.1, 0.15) is 5.69 Å². The van der Waals surface area contributed by atoms with Gasteiger partial charge in [0.05, 0.1) is 18.4 Å². The van der Waals surface area contributed by atoms with Crippen LogP contribution in [0.2, 0.25) is 0 Å². The minimum Gasteiger partial charge on any atom is -0.328 e. The van der Waals surface area contributed by atoms with Gasteiger partial charge in [-0.05, 0) is 25.0 Å². The monoisotopic (exact) mass is 285 g/mol. The Morgan fingerprint density at radius 2 is 1.95 bits per heavy atom. The molecule has 0 unspecified atom stereocenters. The van der Waals surface area contributed by atoms with Crippen molar-refractivity contribution < 1.29 is 4.79 Å². The first kappa shape index (κ1) is 13.9. The summed E-state index contributed by atoms with van der Waals surface area (Å²) in [5.41, 5.74) is 7.26. The summed E-state index contributed by atoms with van der Waals surface area (Å²) in [6.45, 7) is 2.15. The van der Waals surface area contributed by atoms with Gasteiger partial charge in [-0.15, -0.1) is 5.10 Å². The van der Waals surface area contributed by atoms with Gasteiger partial charge in [-0.25, -0.2) is 4.68 Å². The number of nitrogens with zero attached hydrogens (tertiary/aromatic N) is 4. The van der Waals surface area contributed by atoms with E-state index in [0.29, 0.717) is 12.2 Å². The Morgan fingerprint density at radius 1 is 1.24 bits per heavy atom. The van der Waals surface area contributed by atoms with Crippen molar-refractivity contribution in [1.29, 1.82) is 0 Å². The summed E-state index contributed by atoms with van der Waals surface area (Å²) >= 11 is 0. The number of hydrogen-bond acceptors (Lipinski definition) is 5. The smallest absolute Gasteiger partial charge is 0.196 e. The van der Waals surface area contributed by atoms with Crippen LogP contribution in [-0.2, 0) is 0 Å². The first-order valence-electron chi connectivity index (χ1n) is 7.21. The molecule has 1 aliphatic rings. The van der Waals surface area contributed by atoms with Crippen molar-refractivity contribution in [2.24, 2.45) is 5.73 Å². The van der Waals surface area contributed by atoms with E-state index >= 15 is 0 Å². The Bertz CT molecular complexity index is 602. The third-order valence-corrected chi connectivity index (χ3v) is 3.84. The number of piperidine rings is 1. The lowest BCUT2D eigenvalue weighted by Crippen LogP contribution is -2.42. The van der Waals surface area contributed by atoms with Crippen molar-refractivity contribution in [3.8, 4) is 5.69 Å². The molecule has 110 valence electrons. The number of likely N-dealkylation sites (tertiary alicyclic amines) is 1. The fraction of sp³-hybridized carbons (Fsp3) is 0.400. The summed E-state index contributed by atoms with van der Waals surface area (Å²) in [5.74, 6) is 0.0410. The summed E-state index contributed by atoms with van der Waals surface area (Å²) < 4.78 is 1.60. The highest BCUT2D eigenvalue weighted by molar-refractivity contribution is 5.96. The highest BCUT2D eigenvalue weighted by Crippen LogP contribution is 2.12. The maximum Gasteiger partial charge on any atom is 0.196 e.